The summed E-state index contributed by atoms with van der Waals surface area (Å²) in [6.45, 7) is 8.13. The number of alkyl halides is 3. The fourth-order valence-corrected chi connectivity index (χ4v) is 9.28. The molecule has 0 atom stereocenters. The van der Waals surface area contributed by atoms with E-state index in [0.29, 0.717) is 22.1 Å². The van der Waals surface area contributed by atoms with Crippen molar-refractivity contribution in [2.45, 2.75) is 33.9 Å². The summed E-state index contributed by atoms with van der Waals surface area (Å²) in [4.78, 5) is 0. The van der Waals surface area contributed by atoms with Crippen molar-refractivity contribution in [3.63, 3.8) is 0 Å². The summed E-state index contributed by atoms with van der Waals surface area (Å²) < 4.78 is 83.9. The summed E-state index contributed by atoms with van der Waals surface area (Å²) in [7, 11) is 0. The Bertz CT molecular complexity index is 3130. The first-order chi connectivity index (χ1) is 28.8. The van der Waals surface area contributed by atoms with Crippen molar-refractivity contribution in [3.8, 4) is 44.8 Å². The van der Waals surface area contributed by atoms with Gasteiger partial charge in [0.15, 0.2) is 0 Å². The molecule has 2 heterocycles. The van der Waals surface area contributed by atoms with Gasteiger partial charge in [0.2, 0.25) is 0 Å². The highest BCUT2D eigenvalue weighted by atomic mass is 19.4. The summed E-state index contributed by atoms with van der Waals surface area (Å²) in [5, 5.41) is 2.98. The molecular weight excluding hydrogens is 760 g/mol. The molecule has 2 aromatic heterocycles. The van der Waals surface area contributed by atoms with Crippen molar-refractivity contribution in [2.24, 2.45) is 0 Å². The second-order valence-electron chi connectivity index (χ2n) is 15.9. The van der Waals surface area contributed by atoms with Crippen molar-refractivity contribution in [3.05, 3.63) is 191 Å². The molecule has 0 bridgehead atoms. The normalized spacial score (nSPS) is 12.1. The van der Waals surface area contributed by atoms with Crippen LogP contribution in [0.4, 0.5) is 22.0 Å². The molecule has 0 unspecified atom stereocenters. The summed E-state index contributed by atoms with van der Waals surface area (Å²) in [5.74, 6) is -1.76. The molecule has 294 valence electrons. The predicted molar refractivity (Wildman–Crippen MR) is 235 cm³/mol. The molecule has 0 radical (unpaired) electrons. The smallest absolute Gasteiger partial charge is 0.309 e. The van der Waals surface area contributed by atoms with Crippen LogP contribution >= 0.6 is 0 Å². The number of para-hydroxylation sites is 2. The first kappa shape index (κ1) is 37.3. The van der Waals surface area contributed by atoms with Crippen LogP contribution in [0.1, 0.15) is 27.8 Å². The third-order valence-corrected chi connectivity index (χ3v) is 11.6. The molecule has 0 N–H and O–H groups in total. The van der Waals surface area contributed by atoms with Crippen molar-refractivity contribution >= 4 is 43.6 Å². The van der Waals surface area contributed by atoms with Gasteiger partial charge in [-0.1, -0.05) is 113 Å². The van der Waals surface area contributed by atoms with E-state index in [0.717, 1.165) is 78.2 Å². The molecule has 0 saturated carbocycles. The number of hydrogen-bond donors (Lipinski definition) is 0. The maximum atomic E-state index is 16.3. The maximum Gasteiger partial charge on any atom is 0.420 e. The van der Waals surface area contributed by atoms with E-state index < -0.39 is 28.9 Å². The number of hydrogen-bond acceptors (Lipinski definition) is 0. The molecule has 0 saturated heterocycles. The molecule has 0 aliphatic heterocycles. The highest BCUT2D eigenvalue weighted by Crippen LogP contribution is 2.47. The molecule has 0 amide bonds. The van der Waals surface area contributed by atoms with Crippen molar-refractivity contribution < 1.29 is 22.0 Å². The lowest BCUT2D eigenvalue weighted by molar-refractivity contribution is -0.137. The quantitative estimate of drug-likeness (QED) is 0.154. The predicted octanol–water partition coefficient (Wildman–Crippen LogP) is 15.4. The van der Waals surface area contributed by atoms with Gasteiger partial charge in [-0.25, -0.2) is 8.78 Å². The van der Waals surface area contributed by atoms with Crippen LogP contribution in [0.15, 0.2) is 152 Å². The zero-order valence-electron chi connectivity index (χ0n) is 33.2. The van der Waals surface area contributed by atoms with Gasteiger partial charge < -0.3 is 9.13 Å². The molecule has 0 aliphatic rings. The second-order valence-corrected chi connectivity index (χ2v) is 15.9. The van der Waals surface area contributed by atoms with E-state index in [-0.39, 0.29) is 16.9 Å². The second kappa shape index (κ2) is 13.8. The summed E-state index contributed by atoms with van der Waals surface area (Å²) in [6.07, 6.45) is -4.93. The van der Waals surface area contributed by atoms with Crippen LogP contribution in [-0.2, 0) is 6.18 Å². The molecule has 2 nitrogen and oxygen atoms in total. The Kier molecular flexibility index (Phi) is 8.58. The van der Waals surface area contributed by atoms with Crippen LogP contribution < -0.4 is 0 Å². The third kappa shape index (κ3) is 6.07. The third-order valence-electron chi connectivity index (χ3n) is 11.6. The Morgan fingerprint density at radius 3 is 1.18 bits per heavy atom. The van der Waals surface area contributed by atoms with Crippen molar-refractivity contribution in [2.75, 3.05) is 0 Å². The van der Waals surface area contributed by atoms with E-state index in [1.54, 1.807) is 33.4 Å². The fraction of sp³-hybridized carbons (Fsp3) is 0.0943. The van der Waals surface area contributed by atoms with Gasteiger partial charge in [0.05, 0.1) is 39.0 Å². The molecule has 10 aromatic rings. The summed E-state index contributed by atoms with van der Waals surface area (Å²) >= 11 is 0. The minimum Gasteiger partial charge on any atom is -0.309 e. The lowest BCUT2D eigenvalue weighted by Crippen LogP contribution is -2.16. The number of nitrogens with zero attached hydrogens (tertiary/aromatic N) is 2. The lowest BCUT2D eigenvalue weighted by atomic mass is 9.97. The SMILES string of the molecule is Cc1cc(C)cc(-c2ccc3c(c2)c2ccccc2n3-c2cc(-c3c(F)cccc3F)cc(-n3c4ccccc4c4cc(-c5cc(C)cc(C)c5)ccc43)c2C(F)(F)F)c1. The van der Waals surface area contributed by atoms with E-state index in [1.165, 1.54) is 18.2 Å². The van der Waals surface area contributed by atoms with Gasteiger partial charge in [-0.15, -0.1) is 0 Å². The molecule has 10 rings (SSSR count). The molecule has 0 aliphatic carbocycles. The van der Waals surface area contributed by atoms with Gasteiger partial charge in [0.25, 0.3) is 0 Å². The molecule has 0 spiro atoms. The number of rotatable bonds is 5. The van der Waals surface area contributed by atoms with Gasteiger partial charge in [-0.05, 0) is 116 Å². The van der Waals surface area contributed by atoms with E-state index >= 15 is 22.0 Å². The number of benzene rings is 8. The zero-order valence-corrected chi connectivity index (χ0v) is 33.2. The van der Waals surface area contributed by atoms with Gasteiger partial charge in [0.1, 0.15) is 17.2 Å². The van der Waals surface area contributed by atoms with E-state index in [4.69, 9.17) is 0 Å². The number of aryl methyl sites for hydroxylation is 4. The minimum absolute atomic E-state index is 0.0285. The van der Waals surface area contributed by atoms with Gasteiger partial charge >= 0.3 is 6.18 Å². The average molecular weight is 797 g/mol. The fourth-order valence-electron chi connectivity index (χ4n) is 9.28. The maximum absolute atomic E-state index is 16.3. The number of aromatic nitrogens is 2. The Hall–Kier alpha value is -6.99. The highest BCUT2D eigenvalue weighted by Gasteiger charge is 2.40. The summed E-state index contributed by atoms with van der Waals surface area (Å²) in [6, 6.07) is 44.8. The number of halogens is 5. The van der Waals surface area contributed by atoms with Crippen molar-refractivity contribution in [1.29, 1.82) is 0 Å². The van der Waals surface area contributed by atoms with E-state index in [9.17, 15) is 0 Å². The topological polar surface area (TPSA) is 9.86 Å². The molecular formula is C53H37F5N2. The van der Waals surface area contributed by atoms with E-state index in [2.05, 4.69) is 36.4 Å². The number of fused-ring (bicyclic) bond motifs is 6. The molecule has 60 heavy (non-hydrogen) atoms. The zero-order chi connectivity index (χ0) is 41.6. The van der Waals surface area contributed by atoms with Crippen LogP contribution in [0.25, 0.3) is 88.4 Å². The minimum atomic E-state index is -4.93. The Labute approximate surface area is 343 Å². The van der Waals surface area contributed by atoms with Crippen LogP contribution in [-0.4, -0.2) is 9.13 Å². The van der Waals surface area contributed by atoms with Crippen LogP contribution in [0.2, 0.25) is 0 Å². The lowest BCUT2D eigenvalue weighted by Gasteiger charge is -2.23. The van der Waals surface area contributed by atoms with Gasteiger partial charge in [-0.3, -0.25) is 0 Å². The Morgan fingerprint density at radius 2 is 0.767 bits per heavy atom. The van der Waals surface area contributed by atoms with Crippen LogP contribution in [0.3, 0.4) is 0 Å². The highest BCUT2D eigenvalue weighted by molar-refractivity contribution is 6.12. The first-order valence-corrected chi connectivity index (χ1v) is 19.8. The Balaban J connectivity index is 1.33. The Morgan fingerprint density at radius 1 is 0.367 bits per heavy atom. The van der Waals surface area contributed by atoms with E-state index in [1.807, 2.05) is 88.4 Å². The largest absolute Gasteiger partial charge is 0.420 e. The van der Waals surface area contributed by atoms with Gasteiger partial charge in [0, 0.05) is 21.5 Å². The monoisotopic (exact) mass is 796 g/mol. The molecule has 0 fully saturated rings. The van der Waals surface area contributed by atoms with Crippen LogP contribution in [0.5, 0.6) is 0 Å². The standard InChI is InChI=1S/C53H37F5N2/c1-30-20-31(2)23-36(22-30)34-16-18-47-41(26-34)39-10-5-7-14-45(39)59(47)49-28-38(51-43(54)12-9-13-44(51)55)29-50(52(49)53(56,57)58)60-46-15-8-6-11-40(46)42-27-35(17-19-48(42)60)37-24-32(3)21-33(4)25-37/h5-29H,1-4H3. The van der Waals surface area contributed by atoms with Crippen LogP contribution in [0, 0.1) is 39.3 Å². The van der Waals surface area contributed by atoms with Gasteiger partial charge in [-0.2, -0.15) is 13.2 Å². The average Bonchev–Trinajstić information content (AvgIpc) is 3.71. The molecule has 7 heteroatoms. The molecule has 8 aromatic carbocycles. The summed E-state index contributed by atoms with van der Waals surface area (Å²) in [5.41, 5.74) is 8.41. The first-order valence-electron chi connectivity index (χ1n) is 19.8. The van der Waals surface area contributed by atoms with Crippen molar-refractivity contribution in [1.82, 2.24) is 9.13 Å².